The first kappa shape index (κ1) is 26.6. The second-order valence-electron chi connectivity index (χ2n) is 9.19. The number of carbonyl (C=O) groups excluding carboxylic acids is 1. The summed E-state index contributed by atoms with van der Waals surface area (Å²) in [4.78, 5) is 31.1. The lowest BCUT2D eigenvalue weighted by atomic mass is 10.0. The van der Waals surface area contributed by atoms with Gasteiger partial charge in [-0.1, -0.05) is 12.1 Å². The highest BCUT2D eigenvalue weighted by Gasteiger charge is 2.18. The topological polar surface area (TPSA) is 92.9 Å². The van der Waals surface area contributed by atoms with Crippen molar-refractivity contribution >= 4 is 22.6 Å². The van der Waals surface area contributed by atoms with Crippen molar-refractivity contribution in [3.8, 4) is 17.2 Å². The normalized spacial score (nSPS) is 10.8. The number of urea groups is 1. The van der Waals surface area contributed by atoms with Crippen LogP contribution in [0.3, 0.4) is 0 Å². The van der Waals surface area contributed by atoms with Crippen LogP contribution >= 0.6 is 0 Å². The van der Waals surface area contributed by atoms with E-state index in [0.717, 1.165) is 27.6 Å². The van der Waals surface area contributed by atoms with Gasteiger partial charge in [0.05, 0.1) is 27.9 Å². The molecule has 0 saturated carbocycles. The summed E-state index contributed by atoms with van der Waals surface area (Å²) in [5.74, 6) is 1.95. The highest BCUT2D eigenvalue weighted by molar-refractivity contribution is 5.89. The fraction of sp³-hybridized carbons (Fsp3) is 0.267. The van der Waals surface area contributed by atoms with Crippen molar-refractivity contribution in [2.75, 3.05) is 33.2 Å². The van der Waals surface area contributed by atoms with Crippen LogP contribution in [0.5, 0.6) is 17.2 Å². The summed E-state index contributed by atoms with van der Waals surface area (Å²) >= 11 is 0. The van der Waals surface area contributed by atoms with Crippen molar-refractivity contribution in [3.05, 3.63) is 93.3 Å². The van der Waals surface area contributed by atoms with E-state index in [-0.39, 0.29) is 18.1 Å². The number of hydrogen-bond donors (Lipinski definition) is 2. The summed E-state index contributed by atoms with van der Waals surface area (Å²) in [6.07, 6.45) is 0.556. The predicted molar refractivity (Wildman–Crippen MR) is 150 cm³/mol. The Morgan fingerprint density at radius 2 is 1.63 bits per heavy atom. The number of benzene rings is 3. The van der Waals surface area contributed by atoms with E-state index in [0.29, 0.717) is 41.5 Å². The summed E-state index contributed by atoms with van der Waals surface area (Å²) in [6.45, 7) is 4.54. The van der Waals surface area contributed by atoms with Crippen molar-refractivity contribution in [1.82, 2.24) is 9.88 Å². The molecule has 0 aliphatic rings. The number of fused-ring (bicyclic) bond motifs is 1. The van der Waals surface area contributed by atoms with Gasteiger partial charge in [0.2, 0.25) is 0 Å². The molecule has 1 heterocycles. The van der Waals surface area contributed by atoms with Gasteiger partial charge in [-0.15, -0.1) is 0 Å². The lowest BCUT2D eigenvalue weighted by Crippen LogP contribution is -2.37. The van der Waals surface area contributed by atoms with Gasteiger partial charge in [0.25, 0.3) is 5.56 Å². The van der Waals surface area contributed by atoms with Gasteiger partial charge in [0.1, 0.15) is 5.75 Å². The maximum Gasteiger partial charge on any atom is 0.322 e. The van der Waals surface area contributed by atoms with Gasteiger partial charge in [-0.25, -0.2) is 4.79 Å². The highest BCUT2D eigenvalue weighted by Crippen LogP contribution is 2.28. The highest BCUT2D eigenvalue weighted by atomic mass is 16.5. The number of nitrogens with one attached hydrogen (secondary N) is 2. The molecule has 4 aromatic rings. The quantitative estimate of drug-likeness (QED) is 0.309. The van der Waals surface area contributed by atoms with E-state index in [9.17, 15) is 9.59 Å². The van der Waals surface area contributed by atoms with Gasteiger partial charge < -0.3 is 29.4 Å². The third-order valence-corrected chi connectivity index (χ3v) is 6.50. The van der Waals surface area contributed by atoms with Gasteiger partial charge in [-0.3, -0.25) is 4.79 Å². The molecule has 0 unspecified atom stereocenters. The van der Waals surface area contributed by atoms with Gasteiger partial charge in [0, 0.05) is 28.7 Å². The summed E-state index contributed by atoms with van der Waals surface area (Å²) in [7, 11) is 4.77. The summed E-state index contributed by atoms with van der Waals surface area (Å²) < 4.78 is 16.0. The average molecular weight is 516 g/mol. The number of methoxy groups -OCH3 is 3. The van der Waals surface area contributed by atoms with E-state index < -0.39 is 0 Å². The van der Waals surface area contributed by atoms with Gasteiger partial charge in [-0.2, -0.15) is 0 Å². The zero-order chi connectivity index (χ0) is 27.2. The van der Waals surface area contributed by atoms with Crippen LogP contribution in [-0.2, 0) is 13.0 Å². The van der Waals surface area contributed by atoms with Gasteiger partial charge in [0.15, 0.2) is 11.5 Å². The molecule has 2 N–H and O–H groups in total. The molecule has 1 aromatic heterocycles. The molecule has 3 aromatic carbocycles. The first-order chi connectivity index (χ1) is 18.3. The molecule has 0 bridgehead atoms. The standard InChI is InChI=1S/C30H33N3O5/c1-19-14-20(2)25-17-22(29(34)32-26(25)15-19)18-33(30(35)31-23-7-9-24(36-3)10-8-23)13-12-21-6-11-27(37-4)28(16-21)38-5/h6-11,14-17H,12-13,18H2,1-5H3,(H,31,35)(H,32,34). The number of ether oxygens (including phenoxy) is 3. The Hall–Kier alpha value is -4.46. The van der Waals surface area contributed by atoms with Gasteiger partial charge >= 0.3 is 6.03 Å². The lowest BCUT2D eigenvalue weighted by Gasteiger charge is -2.24. The Morgan fingerprint density at radius 3 is 2.32 bits per heavy atom. The van der Waals surface area contributed by atoms with Crippen molar-refractivity contribution in [2.45, 2.75) is 26.8 Å². The van der Waals surface area contributed by atoms with Crippen molar-refractivity contribution in [3.63, 3.8) is 0 Å². The van der Waals surface area contributed by atoms with E-state index >= 15 is 0 Å². The zero-order valence-corrected chi connectivity index (χ0v) is 22.4. The Balaban J connectivity index is 1.62. The van der Waals surface area contributed by atoms with Crippen LogP contribution in [0, 0.1) is 13.8 Å². The number of rotatable bonds is 9. The average Bonchev–Trinajstić information content (AvgIpc) is 2.91. The van der Waals surface area contributed by atoms with E-state index in [1.165, 1.54) is 0 Å². The largest absolute Gasteiger partial charge is 0.497 e. The number of pyridine rings is 1. The van der Waals surface area contributed by atoms with Crippen LogP contribution in [0.1, 0.15) is 22.3 Å². The summed E-state index contributed by atoms with van der Waals surface area (Å²) in [5, 5.41) is 3.90. The Bertz CT molecular complexity index is 1490. The summed E-state index contributed by atoms with van der Waals surface area (Å²) in [5.41, 5.74) is 4.84. The van der Waals surface area contributed by atoms with Gasteiger partial charge in [-0.05, 0) is 85.5 Å². The fourth-order valence-electron chi connectivity index (χ4n) is 4.47. The van der Waals surface area contributed by atoms with Crippen LogP contribution < -0.4 is 25.1 Å². The number of carbonyl (C=O) groups is 1. The number of nitrogens with zero attached hydrogens (tertiary/aromatic N) is 1. The molecule has 8 heteroatoms. The maximum atomic E-state index is 13.4. The van der Waals surface area contributed by atoms with E-state index in [1.54, 1.807) is 50.5 Å². The molecule has 0 radical (unpaired) electrons. The van der Waals surface area contributed by atoms with E-state index in [1.807, 2.05) is 44.2 Å². The Labute approximate surface area is 222 Å². The predicted octanol–water partition coefficient (Wildman–Crippen LogP) is 5.45. The molecule has 0 aliphatic heterocycles. The molecule has 0 aliphatic carbocycles. The summed E-state index contributed by atoms with van der Waals surface area (Å²) in [6, 6.07) is 18.4. The molecular formula is C30H33N3O5. The maximum absolute atomic E-state index is 13.4. The zero-order valence-electron chi connectivity index (χ0n) is 22.4. The molecule has 198 valence electrons. The SMILES string of the molecule is COc1ccc(NC(=O)N(CCc2ccc(OC)c(OC)c2)Cc2cc3c(C)cc(C)cc3[nH]c2=O)cc1. The minimum Gasteiger partial charge on any atom is -0.497 e. The minimum absolute atomic E-state index is 0.147. The van der Waals surface area contributed by atoms with E-state index in [4.69, 9.17) is 14.2 Å². The number of aromatic amines is 1. The minimum atomic E-state index is -0.309. The molecule has 0 saturated heterocycles. The molecular weight excluding hydrogens is 482 g/mol. The number of hydrogen-bond acceptors (Lipinski definition) is 5. The molecule has 0 atom stereocenters. The fourth-order valence-corrected chi connectivity index (χ4v) is 4.47. The number of aromatic nitrogens is 1. The van der Waals surface area contributed by atoms with Crippen molar-refractivity contribution < 1.29 is 19.0 Å². The smallest absolute Gasteiger partial charge is 0.322 e. The first-order valence-corrected chi connectivity index (χ1v) is 12.3. The lowest BCUT2D eigenvalue weighted by molar-refractivity contribution is 0.209. The third kappa shape index (κ3) is 6.08. The Morgan fingerprint density at radius 1 is 0.895 bits per heavy atom. The molecule has 8 nitrogen and oxygen atoms in total. The number of aryl methyl sites for hydroxylation is 2. The third-order valence-electron chi connectivity index (χ3n) is 6.50. The molecule has 4 rings (SSSR count). The second-order valence-corrected chi connectivity index (χ2v) is 9.19. The molecule has 0 spiro atoms. The van der Waals surface area contributed by atoms with Crippen molar-refractivity contribution in [2.24, 2.45) is 0 Å². The number of H-pyrrole nitrogens is 1. The molecule has 38 heavy (non-hydrogen) atoms. The monoisotopic (exact) mass is 515 g/mol. The van der Waals surface area contributed by atoms with Crippen LogP contribution in [0.2, 0.25) is 0 Å². The van der Waals surface area contributed by atoms with Crippen LogP contribution in [0.4, 0.5) is 10.5 Å². The van der Waals surface area contributed by atoms with E-state index in [2.05, 4.69) is 16.4 Å². The van der Waals surface area contributed by atoms with Crippen molar-refractivity contribution in [1.29, 1.82) is 0 Å². The first-order valence-electron chi connectivity index (χ1n) is 12.3. The molecule has 2 amide bonds. The Kier molecular flexibility index (Phi) is 8.21. The van der Waals surface area contributed by atoms with Crippen LogP contribution in [-0.4, -0.2) is 43.8 Å². The van der Waals surface area contributed by atoms with Crippen LogP contribution in [0.15, 0.2) is 65.5 Å². The number of anilines is 1. The van der Waals surface area contributed by atoms with Crippen LogP contribution in [0.25, 0.3) is 10.9 Å². The number of amides is 2. The second kappa shape index (κ2) is 11.7. The molecule has 0 fully saturated rings.